The molecule has 2 aliphatic rings. The molecule has 3 rings (SSSR count). The number of hydrogen-bond donors (Lipinski definition) is 0. The number of benzene rings is 1. The normalized spacial score (nSPS) is 24.3. The minimum Gasteiger partial charge on any atom is -0.338 e. The van der Waals surface area contributed by atoms with Crippen molar-refractivity contribution in [2.75, 3.05) is 19.6 Å². The van der Waals surface area contributed by atoms with Crippen LogP contribution < -0.4 is 0 Å². The van der Waals surface area contributed by atoms with Gasteiger partial charge in [0.2, 0.25) is 5.91 Å². The second-order valence-electron chi connectivity index (χ2n) is 6.52. The maximum Gasteiger partial charge on any atom is 0.222 e. The average molecular weight is 321 g/mol. The molecule has 0 radical (unpaired) electrons. The van der Waals surface area contributed by atoms with Crippen LogP contribution >= 0.6 is 11.6 Å². The predicted molar refractivity (Wildman–Crippen MR) is 89.9 cm³/mol. The molecule has 2 saturated heterocycles. The zero-order valence-electron chi connectivity index (χ0n) is 13.1. The Labute approximate surface area is 138 Å². The van der Waals surface area contributed by atoms with Crippen molar-refractivity contribution in [3.8, 4) is 0 Å². The summed E-state index contributed by atoms with van der Waals surface area (Å²) in [5.41, 5.74) is 1.12. The second kappa shape index (κ2) is 7.47. The number of carbonyl (C=O) groups excluding carboxylic acids is 1. The fourth-order valence-corrected chi connectivity index (χ4v) is 3.91. The molecule has 3 nitrogen and oxygen atoms in total. The van der Waals surface area contributed by atoms with Crippen LogP contribution in [-0.4, -0.2) is 41.4 Å². The first kappa shape index (κ1) is 15.8. The van der Waals surface area contributed by atoms with E-state index in [4.69, 9.17) is 11.6 Å². The molecule has 0 aromatic heterocycles. The highest BCUT2D eigenvalue weighted by molar-refractivity contribution is 6.30. The van der Waals surface area contributed by atoms with E-state index in [-0.39, 0.29) is 0 Å². The molecule has 4 heteroatoms. The molecular weight excluding hydrogens is 296 g/mol. The Morgan fingerprint density at radius 3 is 2.68 bits per heavy atom. The maximum absolute atomic E-state index is 12.4. The lowest BCUT2D eigenvalue weighted by molar-refractivity contribution is -0.131. The molecule has 1 aromatic carbocycles. The van der Waals surface area contributed by atoms with Crippen molar-refractivity contribution in [3.05, 3.63) is 34.9 Å². The van der Waals surface area contributed by atoms with Gasteiger partial charge in [0.25, 0.3) is 0 Å². The van der Waals surface area contributed by atoms with Gasteiger partial charge in [-0.05, 0) is 56.5 Å². The molecule has 2 heterocycles. The van der Waals surface area contributed by atoms with Crippen LogP contribution in [0.4, 0.5) is 0 Å². The van der Waals surface area contributed by atoms with Gasteiger partial charge in [-0.1, -0.05) is 30.2 Å². The molecule has 0 spiro atoms. The monoisotopic (exact) mass is 320 g/mol. The lowest BCUT2D eigenvalue weighted by atomic mass is 10.0. The van der Waals surface area contributed by atoms with Gasteiger partial charge in [0, 0.05) is 30.6 Å². The van der Waals surface area contributed by atoms with E-state index in [2.05, 4.69) is 4.90 Å². The largest absolute Gasteiger partial charge is 0.338 e. The Balaban J connectivity index is 1.60. The number of amides is 1. The highest BCUT2D eigenvalue weighted by Crippen LogP contribution is 2.23. The molecular formula is C18H25ClN2O. The van der Waals surface area contributed by atoms with Gasteiger partial charge in [0.1, 0.15) is 0 Å². The van der Waals surface area contributed by atoms with Crippen molar-refractivity contribution in [2.45, 2.75) is 51.1 Å². The quantitative estimate of drug-likeness (QED) is 0.847. The van der Waals surface area contributed by atoms with E-state index in [1.807, 2.05) is 29.2 Å². The number of nitrogens with zero attached hydrogens (tertiary/aromatic N) is 2. The second-order valence-corrected chi connectivity index (χ2v) is 6.96. The van der Waals surface area contributed by atoms with E-state index in [0.717, 1.165) is 30.0 Å². The van der Waals surface area contributed by atoms with Crippen LogP contribution in [0.5, 0.6) is 0 Å². The Kier molecular flexibility index (Phi) is 5.37. The molecule has 1 atom stereocenters. The van der Waals surface area contributed by atoms with Gasteiger partial charge in [-0.2, -0.15) is 0 Å². The summed E-state index contributed by atoms with van der Waals surface area (Å²) >= 11 is 6.05. The Morgan fingerprint density at radius 1 is 1.09 bits per heavy atom. The molecule has 0 bridgehead atoms. The molecule has 2 aliphatic heterocycles. The number of likely N-dealkylation sites (tertiary alicyclic amines) is 2. The number of piperidine rings is 1. The van der Waals surface area contributed by atoms with Crippen molar-refractivity contribution >= 4 is 17.5 Å². The summed E-state index contributed by atoms with van der Waals surface area (Å²) < 4.78 is 0. The van der Waals surface area contributed by atoms with Gasteiger partial charge in [-0.3, -0.25) is 4.79 Å². The SMILES string of the molecule is O=C1CCC(N2CCCCC2)CCN1Cc1cccc(Cl)c1. The molecule has 0 saturated carbocycles. The average Bonchev–Trinajstić information content (AvgIpc) is 2.71. The first-order chi connectivity index (χ1) is 10.7. The van der Waals surface area contributed by atoms with E-state index in [0.29, 0.717) is 24.9 Å². The fraction of sp³-hybridized carbons (Fsp3) is 0.611. The van der Waals surface area contributed by atoms with E-state index in [1.165, 1.54) is 32.4 Å². The van der Waals surface area contributed by atoms with Crippen LogP contribution in [0.1, 0.15) is 44.1 Å². The van der Waals surface area contributed by atoms with Crippen molar-refractivity contribution in [3.63, 3.8) is 0 Å². The minimum atomic E-state index is 0.291. The number of rotatable bonds is 3. The topological polar surface area (TPSA) is 23.6 Å². The minimum absolute atomic E-state index is 0.291. The van der Waals surface area contributed by atoms with Gasteiger partial charge in [-0.15, -0.1) is 0 Å². The van der Waals surface area contributed by atoms with Crippen LogP contribution in [0, 0.1) is 0 Å². The third-order valence-electron chi connectivity index (χ3n) is 4.95. The van der Waals surface area contributed by atoms with Crippen molar-refractivity contribution in [1.29, 1.82) is 0 Å². The molecule has 22 heavy (non-hydrogen) atoms. The van der Waals surface area contributed by atoms with E-state index >= 15 is 0 Å². The van der Waals surface area contributed by atoms with Gasteiger partial charge < -0.3 is 9.80 Å². The number of carbonyl (C=O) groups is 1. The van der Waals surface area contributed by atoms with Crippen LogP contribution in [0.3, 0.4) is 0 Å². The van der Waals surface area contributed by atoms with Crippen LogP contribution in [0.2, 0.25) is 5.02 Å². The van der Waals surface area contributed by atoms with Crippen LogP contribution in [0.15, 0.2) is 24.3 Å². The van der Waals surface area contributed by atoms with Gasteiger partial charge in [-0.25, -0.2) is 0 Å². The molecule has 1 amide bonds. The molecule has 0 N–H and O–H groups in total. The zero-order chi connectivity index (χ0) is 15.4. The number of halogens is 1. The summed E-state index contributed by atoms with van der Waals surface area (Å²) in [5.74, 6) is 0.291. The standard InChI is InChI=1S/C18H25ClN2O/c19-16-6-4-5-15(13-16)14-21-12-9-17(7-8-18(21)22)20-10-2-1-3-11-20/h4-6,13,17H,1-3,7-12,14H2. The number of hydrogen-bond acceptors (Lipinski definition) is 2. The molecule has 2 fully saturated rings. The maximum atomic E-state index is 12.4. The first-order valence-electron chi connectivity index (χ1n) is 8.48. The van der Waals surface area contributed by atoms with Crippen molar-refractivity contribution in [2.24, 2.45) is 0 Å². The van der Waals surface area contributed by atoms with Gasteiger partial charge in [0.15, 0.2) is 0 Å². The van der Waals surface area contributed by atoms with Gasteiger partial charge >= 0.3 is 0 Å². The predicted octanol–water partition coefficient (Wildman–Crippen LogP) is 3.71. The lowest BCUT2D eigenvalue weighted by Gasteiger charge is -2.34. The van der Waals surface area contributed by atoms with E-state index in [1.54, 1.807) is 0 Å². The summed E-state index contributed by atoms with van der Waals surface area (Å²) in [5, 5.41) is 0.742. The first-order valence-corrected chi connectivity index (χ1v) is 8.86. The summed E-state index contributed by atoms with van der Waals surface area (Å²) in [6, 6.07) is 8.43. The lowest BCUT2D eigenvalue weighted by Crippen LogP contribution is -2.39. The molecule has 1 aromatic rings. The third-order valence-corrected chi connectivity index (χ3v) is 5.18. The summed E-state index contributed by atoms with van der Waals surface area (Å²) in [7, 11) is 0. The summed E-state index contributed by atoms with van der Waals surface area (Å²) in [6.07, 6.45) is 6.80. The Bertz CT molecular complexity index is 514. The van der Waals surface area contributed by atoms with E-state index in [9.17, 15) is 4.79 Å². The fourth-order valence-electron chi connectivity index (χ4n) is 3.69. The van der Waals surface area contributed by atoms with Crippen molar-refractivity contribution < 1.29 is 4.79 Å². The highest BCUT2D eigenvalue weighted by Gasteiger charge is 2.27. The Hall–Kier alpha value is -1.06. The van der Waals surface area contributed by atoms with Crippen LogP contribution in [-0.2, 0) is 11.3 Å². The molecule has 120 valence electrons. The molecule has 0 aliphatic carbocycles. The summed E-state index contributed by atoms with van der Waals surface area (Å²) in [4.78, 5) is 17.0. The Morgan fingerprint density at radius 2 is 1.91 bits per heavy atom. The summed E-state index contributed by atoms with van der Waals surface area (Å²) in [6.45, 7) is 3.99. The van der Waals surface area contributed by atoms with E-state index < -0.39 is 0 Å². The van der Waals surface area contributed by atoms with Crippen LogP contribution in [0.25, 0.3) is 0 Å². The third kappa shape index (κ3) is 4.02. The highest BCUT2D eigenvalue weighted by atomic mass is 35.5. The zero-order valence-corrected chi connectivity index (χ0v) is 13.9. The van der Waals surface area contributed by atoms with Crippen molar-refractivity contribution in [1.82, 2.24) is 9.80 Å². The smallest absolute Gasteiger partial charge is 0.222 e. The van der Waals surface area contributed by atoms with Gasteiger partial charge in [0.05, 0.1) is 0 Å². The molecule has 1 unspecified atom stereocenters.